The third-order valence-electron chi connectivity index (χ3n) is 4.08. The molecule has 0 aliphatic rings. The van der Waals surface area contributed by atoms with Crippen molar-refractivity contribution in [1.82, 2.24) is 19.9 Å². The predicted molar refractivity (Wildman–Crippen MR) is 96.3 cm³/mol. The van der Waals surface area contributed by atoms with Gasteiger partial charge in [0.1, 0.15) is 11.9 Å². The molecule has 0 spiro atoms. The topological polar surface area (TPSA) is 78.3 Å². The average Bonchev–Trinajstić information content (AvgIpc) is 3.11. The Kier molecular flexibility index (Phi) is 5.17. The highest BCUT2D eigenvalue weighted by Crippen LogP contribution is 2.36. The molecule has 2 aromatic heterocycles. The minimum Gasteiger partial charge on any atom is -0.493 e. The van der Waals surface area contributed by atoms with E-state index in [0.717, 1.165) is 5.56 Å². The number of ether oxygens (including phenoxy) is 2. The molecule has 3 rings (SSSR count). The molecule has 0 unspecified atom stereocenters. The van der Waals surface area contributed by atoms with Crippen molar-refractivity contribution in [3.05, 3.63) is 72.1 Å². The quantitative estimate of drug-likeness (QED) is 0.737. The molecule has 2 heterocycles. The molecule has 1 aromatic carbocycles. The number of aryl methyl sites for hydroxylation is 1. The summed E-state index contributed by atoms with van der Waals surface area (Å²) in [6.07, 6.45) is 6.68. The van der Waals surface area contributed by atoms with Gasteiger partial charge in [0.25, 0.3) is 5.91 Å². The van der Waals surface area contributed by atoms with Crippen LogP contribution in [0.5, 0.6) is 11.5 Å². The van der Waals surface area contributed by atoms with Gasteiger partial charge in [-0.1, -0.05) is 12.1 Å². The molecule has 0 saturated carbocycles. The summed E-state index contributed by atoms with van der Waals surface area (Å²) in [5.74, 6) is 1.59. The number of pyridine rings is 1. The first-order valence-corrected chi connectivity index (χ1v) is 8.04. The van der Waals surface area contributed by atoms with Crippen LogP contribution in [0.1, 0.15) is 27.8 Å². The number of aromatic nitrogens is 3. The minimum absolute atomic E-state index is 0.231. The van der Waals surface area contributed by atoms with Crippen LogP contribution < -0.4 is 14.8 Å². The number of amides is 1. The Bertz CT molecular complexity index is 893. The maximum atomic E-state index is 12.7. The van der Waals surface area contributed by atoms with Crippen LogP contribution in [0.3, 0.4) is 0 Å². The van der Waals surface area contributed by atoms with E-state index >= 15 is 0 Å². The second-order valence-electron chi connectivity index (χ2n) is 5.62. The first-order valence-electron chi connectivity index (χ1n) is 8.04. The Morgan fingerprint density at radius 1 is 1.12 bits per heavy atom. The average molecular weight is 352 g/mol. The second kappa shape index (κ2) is 7.69. The van der Waals surface area contributed by atoms with Crippen LogP contribution in [-0.4, -0.2) is 34.7 Å². The number of benzene rings is 1. The third-order valence-corrected chi connectivity index (χ3v) is 4.08. The second-order valence-corrected chi connectivity index (χ2v) is 5.62. The molecule has 7 nitrogen and oxygen atoms in total. The number of carbonyl (C=O) groups excluding carboxylic acids is 1. The fourth-order valence-electron chi connectivity index (χ4n) is 2.79. The van der Waals surface area contributed by atoms with Crippen LogP contribution in [0.2, 0.25) is 0 Å². The van der Waals surface area contributed by atoms with E-state index in [9.17, 15) is 4.79 Å². The maximum Gasteiger partial charge on any atom is 0.252 e. The van der Waals surface area contributed by atoms with E-state index in [1.54, 1.807) is 44.9 Å². The van der Waals surface area contributed by atoms with Crippen molar-refractivity contribution in [2.45, 2.75) is 6.04 Å². The molecule has 0 aliphatic heterocycles. The lowest BCUT2D eigenvalue weighted by atomic mass is 10.0. The highest BCUT2D eigenvalue weighted by Gasteiger charge is 2.26. The molecule has 3 aromatic rings. The van der Waals surface area contributed by atoms with Crippen LogP contribution in [0, 0.1) is 0 Å². The van der Waals surface area contributed by atoms with Gasteiger partial charge >= 0.3 is 0 Å². The normalized spacial score (nSPS) is 11.7. The van der Waals surface area contributed by atoms with E-state index in [1.807, 2.05) is 36.0 Å². The number of hydrogen-bond donors (Lipinski definition) is 1. The SMILES string of the molecule is COc1cccc([C@@H](NC(=O)c2ccncc2)c2nccn2C)c1OC. The van der Waals surface area contributed by atoms with E-state index in [4.69, 9.17) is 9.47 Å². The molecule has 0 fully saturated rings. The zero-order valence-corrected chi connectivity index (χ0v) is 14.8. The summed E-state index contributed by atoms with van der Waals surface area (Å²) in [4.78, 5) is 21.1. The zero-order chi connectivity index (χ0) is 18.5. The smallest absolute Gasteiger partial charge is 0.252 e. The first kappa shape index (κ1) is 17.5. The molecule has 26 heavy (non-hydrogen) atoms. The van der Waals surface area contributed by atoms with E-state index in [-0.39, 0.29) is 5.91 Å². The summed E-state index contributed by atoms with van der Waals surface area (Å²) in [6.45, 7) is 0. The molecule has 1 atom stereocenters. The maximum absolute atomic E-state index is 12.7. The van der Waals surface area contributed by atoms with Gasteiger partial charge in [0.05, 0.1) is 14.2 Å². The number of hydrogen-bond acceptors (Lipinski definition) is 5. The molecule has 0 radical (unpaired) electrons. The van der Waals surface area contributed by atoms with Crippen molar-refractivity contribution in [2.24, 2.45) is 7.05 Å². The molecule has 0 saturated heterocycles. The number of nitrogens with zero attached hydrogens (tertiary/aromatic N) is 3. The van der Waals surface area contributed by atoms with Crippen molar-refractivity contribution in [3.63, 3.8) is 0 Å². The fourth-order valence-corrected chi connectivity index (χ4v) is 2.79. The number of para-hydroxylation sites is 1. The van der Waals surface area contributed by atoms with Crippen molar-refractivity contribution >= 4 is 5.91 Å². The van der Waals surface area contributed by atoms with Crippen LogP contribution >= 0.6 is 0 Å². The van der Waals surface area contributed by atoms with Gasteiger partial charge in [-0.05, 0) is 18.2 Å². The monoisotopic (exact) mass is 352 g/mol. The Morgan fingerprint density at radius 3 is 2.50 bits per heavy atom. The lowest BCUT2D eigenvalue weighted by Crippen LogP contribution is -2.31. The van der Waals surface area contributed by atoms with Gasteiger partial charge < -0.3 is 19.4 Å². The van der Waals surface area contributed by atoms with Gasteiger partial charge in [0.2, 0.25) is 0 Å². The van der Waals surface area contributed by atoms with Crippen LogP contribution in [0.15, 0.2) is 55.1 Å². The standard InChI is InChI=1S/C19H20N4O3/c1-23-12-11-21-18(23)16(22-19(24)13-7-9-20-10-8-13)14-5-4-6-15(25-2)17(14)26-3/h4-12,16H,1-3H3,(H,22,24)/t16-/m1/s1. The molecular formula is C19H20N4O3. The number of imidazole rings is 1. The van der Waals surface area contributed by atoms with E-state index in [0.29, 0.717) is 22.9 Å². The van der Waals surface area contributed by atoms with Gasteiger partial charge in [0.15, 0.2) is 11.5 Å². The van der Waals surface area contributed by atoms with Gasteiger partial charge in [-0.15, -0.1) is 0 Å². The van der Waals surface area contributed by atoms with Crippen molar-refractivity contribution < 1.29 is 14.3 Å². The van der Waals surface area contributed by atoms with E-state index in [2.05, 4.69) is 15.3 Å². The summed E-state index contributed by atoms with van der Waals surface area (Å²) in [5, 5.41) is 3.03. The highest BCUT2D eigenvalue weighted by molar-refractivity contribution is 5.94. The highest BCUT2D eigenvalue weighted by atomic mass is 16.5. The summed E-state index contributed by atoms with van der Waals surface area (Å²) >= 11 is 0. The van der Waals surface area contributed by atoms with E-state index in [1.165, 1.54) is 0 Å². The van der Waals surface area contributed by atoms with Gasteiger partial charge in [-0.3, -0.25) is 9.78 Å². The van der Waals surface area contributed by atoms with Gasteiger partial charge in [-0.2, -0.15) is 0 Å². The Balaban J connectivity index is 2.06. The van der Waals surface area contributed by atoms with Crippen molar-refractivity contribution in [1.29, 1.82) is 0 Å². The molecule has 0 bridgehead atoms. The number of methoxy groups -OCH3 is 2. The van der Waals surface area contributed by atoms with Crippen molar-refractivity contribution in [2.75, 3.05) is 14.2 Å². The van der Waals surface area contributed by atoms with Crippen LogP contribution in [-0.2, 0) is 7.05 Å². The summed E-state index contributed by atoms with van der Waals surface area (Å²) in [5.41, 5.74) is 1.27. The molecule has 1 N–H and O–H groups in total. The first-order chi connectivity index (χ1) is 12.7. The number of carbonyl (C=O) groups is 1. The number of rotatable bonds is 6. The van der Waals surface area contributed by atoms with Crippen LogP contribution in [0.25, 0.3) is 0 Å². The largest absolute Gasteiger partial charge is 0.493 e. The summed E-state index contributed by atoms with van der Waals surface area (Å²) in [7, 11) is 5.02. The third kappa shape index (κ3) is 3.37. The van der Waals surface area contributed by atoms with E-state index < -0.39 is 6.04 Å². The summed E-state index contributed by atoms with van der Waals surface area (Å²) < 4.78 is 12.8. The minimum atomic E-state index is -0.513. The lowest BCUT2D eigenvalue weighted by Gasteiger charge is -2.22. The molecule has 134 valence electrons. The molecule has 1 amide bonds. The molecule has 0 aliphatic carbocycles. The molecular weight excluding hydrogens is 332 g/mol. The Morgan fingerprint density at radius 2 is 1.88 bits per heavy atom. The predicted octanol–water partition coefficient (Wildman–Crippen LogP) is 2.35. The van der Waals surface area contributed by atoms with Crippen LogP contribution in [0.4, 0.5) is 0 Å². The number of nitrogens with one attached hydrogen (secondary N) is 1. The Labute approximate surface area is 151 Å². The van der Waals surface area contributed by atoms with Gasteiger partial charge in [0, 0.05) is 43.0 Å². The van der Waals surface area contributed by atoms with Gasteiger partial charge in [-0.25, -0.2) is 4.98 Å². The summed E-state index contributed by atoms with van der Waals surface area (Å²) in [6, 6.07) is 8.35. The lowest BCUT2D eigenvalue weighted by molar-refractivity contribution is 0.0940. The molecule has 7 heteroatoms. The fraction of sp³-hybridized carbons (Fsp3) is 0.211. The Hall–Kier alpha value is -3.35. The van der Waals surface area contributed by atoms with Crippen molar-refractivity contribution in [3.8, 4) is 11.5 Å². The zero-order valence-electron chi connectivity index (χ0n) is 14.8.